The van der Waals surface area contributed by atoms with Gasteiger partial charge in [0, 0.05) is 25.4 Å². The number of rotatable bonds is 4. The quantitative estimate of drug-likeness (QED) is 0.784. The van der Waals surface area contributed by atoms with Crippen LogP contribution in [0.5, 0.6) is 0 Å². The lowest BCUT2D eigenvalue weighted by Gasteiger charge is -2.24. The standard InChI is InChI=1S/C11H16N4O2/c1-9(3-2-4-12)10-13-11(14-17-10)15-5-7-16-8-6-15/h9H,2-3,5-8H2,1H3. The van der Waals surface area contributed by atoms with Crippen LogP contribution in [0.2, 0.25) is 0 Å². The molecule has 17 heavy (non-hydrogen) atoms. The molecule has 0 radical (unpaired) electrons. The Morgan fingerprint density at radius 2 is 2.24 bits per heavy atom. The zero-order valence-corrected chi connectivity index (χ0v) is 9.93. The van der Waals surface area contributed by atoms with Gasteiger partial charge < -0.3 is 14.2 Å². The third-order valence-corrected chi connectivity index (χ3v) is 2.84. The maximum Gasteiger partial charge on any atom is 0.266 e. The summed E-state index contributed by atoms with van der Waals surface area (Å²) in [5, 5.41) is 12.5. The highest BCUT2D eigenvalue weighted by Gasteiger charge is 2.19. The van der Waals surface area contributed by atoms with Crippen molar-refractivity contribution in [3.63, 3.8) is 0 Å². The highest BCUT2D eigenvalue weighted by Crippen LogP contribution is 2.21. The van der Waals surface area contributed by atoms with Gasteiger partial charge in [-0.15, -0.1) is 0 Å². The minimum atomic E-state index is 0.136. The van der Waals surface area contributed by atoms with E-state index in [1.807, 2.05) is 11.8 Å². The van der Waals surface area contributed by atoms with Crippen LogP contribution >= 0.6 is 0 Å². The van der Waals surface area contributed by atoms with E-state index in [2.05, 4.69) is 16.2 Å². The molecule has 0 bridgehead atoms. The summed E-state index contributed by atoms with van der Waals surface area (Å²) < 4.78 is 10.5. The van der Waals surface area contributed by atoms with Gasteiger partial charge in [0.15, 0.2) is 0 Å². The van der Waals surface area contributed by atoms with E-state index in [1.54, 1.807) is 0 Å². The Morgan fingerprint density at radius 3 is 2.94 bits per heavy atom. The summed E-state index contributed by atoms with van der Waals surface area (Å²) in [5.41, 5.74) is 0. The summed E-state index contributed by atoms with van der Waals surface area (Å²) >= 11 is 0. The van der Waals surface area contributed by atoms with E-state index < -0.39 is 0 Å². The minimum Gasteiger partial charge on any atom is -0.378 e. The zero-order valence-electron chi connectivity index (χ0n) is 9.93. The third-order valence-electron chi connectivity index (χ3n) is 2.84. The van der Waals surface area contributed by atoms with Crippen LogP contribution in [0.3, 0.4) is 0 Å². The molecule has 2 rings (SSSR count). The van der Waals surface area contributed by atoms with Gasteiger partial charge >= 0.3 is 0 Å². The molecule has 1 aromatic rings. The number of nitrogens with zero attached hydrogens (tertiary/aromatic N) is 4. The lowest BCUT2D eigenvalue weighted by atomic mass is 10.1. The van der Waals surface area contributed by atoms with Crippen LogP contribution in [-0.4, -0.2) is 36.4 Å². The van der Waals surface area contributed by atoms with E-state index in [9.17, 15) is 0 Å². The van der Waals surface area contributed by atoms with Crippen molar-refractivity contribution < 1.29 is 9.26 Å². The smallest absolute Gasteiger partial charge is 0.266 e. The van der Waals surface area contributed by atoms with E-state index in [4.69, 9.17) is 14.5 Å². The second kappa shape index (κ2) is 5.64. The molecule has 0 saturated carbocycles. The Balaban J connectivity index is 1.97. The summed E-state index contributed by atoms with van der Waals surface area (Å²) in [7, 11) is 0. The van der Waals surface area contributed by atoms with Crippen molar-refractivity contribution in [2.24, 2.45) is 0 Å². The van der Waals surface area contributed by atoms with E-state index in [0.717, 1.165) is 19.5 Å². The number of morpholine rings is 1. The van der Waals surface area contributed by atoms with Crippen LogP contribution < -0.4 is 4.90 Å². The fourth-order valence-corrected chi connectivity index (χ4v) is 1.72. The van der Waals surface area contributed by atoms with Gasteiger partial charge in [0.25, 0.3) is 5.95 Å². The van der Waals surface area contributed by atoms with Crippen molar-refractivity contribution in [3.05, 3.63) is 5.89 Å². The fraction of sp³-hybridized carbons (Fsp3) is 0.727. The van der Waals surface area contributed by atoms with Crippen LogP contribution in [0.25, 0.3) is 0 Å². The number of anilines is 1. The van der Waals surface area contributed by atoms with E-state index >= 15 is 0 Å². The normalized spacial score (nSPS) is 17.8. The number of aromatic nitrogens is 2. The molecule has 0 spiro atoms. The van der Waals surface area contributed by atoms with Gasteiger partial charge in [-0.3, -0.25) is 0 Å². The highest BCUT2D eigenvalue weighted by molar-refractivity contribution is 5.28. The van der Waals surface area contributed by atoms with E-state index in [1.165, 1.54) is 0 Å². The summed E-state index contributed by atoms with van der Waals surface area (Å²) in [6, 6.07) is 2.12. The molecule has 0 aliphatic carbocycles. The SMILES string of the molecule is CC(CCC#N)c1nc(N2CCOCC2)no1. The number of ether oxygens (including phenoxy) is 1. The monoisotopic (exact) mass is 236 g/mol. The molecule has 1 unspecified atom stereocenters. The molecule has 0 aromatic carbocycles. The van der Waals surface area contributed by atoms with Crippen LogP contribution in [0.4, 0.5) is 5.95 Å². The Hall–Kier alpha value is -1.61. The van der Waals surface area contributed by atoms with Crippen molar-refractivity contribution in [1.29, 1.82) is 5.26 Å². The van der Waals surface area contributed by atoms with Gasteiger partial charge in [-0.1, -0.05) is 6.92 Å². The largest absolute Gasteiger partial charge is 0.378 e. The predicted molar refractivity (Wildman–Crippen MR) is 60.6 cm³/mol. The molecule has 1 aliphatic rings. The molecule has 1 atom stereocenters. The summed E-state index contributed by atoms with van der Waals surface area (Å²) in [5.74, 6) is 1.38. The van der Waals surface area contributed by atoms with Crippen LogP contribution in [0.15, 0.2) is 4.52 Å². The van der Waals surface area contributed by atoms with E-state index in [-0.39, 0.29) is 5.92 Å². The van der Waals surface area contributed by atoms with Crippen molar-refractivity contribution in [2.75, 3.05) is 31.2 Å². The molecule has 1 aromatic heterocycles. The molecule has 1 fully saturated rings. The summed E-state index contributed by atoms with van der Waals surface area (Å²) in [4.78, 5) is 6.42. The zero-order chi connectivity index (χ0) is 12.1. The van der Waals surface area contributed by atoms with Gasteiger partial charge in [-0.2, -0.15) is 10.2 Å². The fourth-order valence-electron chi connectivity index (χ4n) is 1.72. The lowest BCUT2D eigenvalue weighted by Crippen LogP contribution is -2.36. The van der Waals surface area contributed by atoms with Crippen molar-refractivity contribution in [2.45, 2.75) is 25.7 Å². The summed E-state index contributed by atoms with van der Waals surface area (Å²) in [6.07, 6.45) is 1.26. The van der Waals surface area contributed by atoms with Gasteiger partial charge in [0.2, 0.25) is 5.89 Å². The molecular weight excluding hydrogens is 220 g/mol. The first kappa shape index (κ1) is 11.9. The number of hydrogen-bond acceptors (Lipinski definition) is 6. The maximum atomic E-state index is 8.53. The Kier molecular flexibility index (Phi) is 3.94. The number of hydrogen-bond donors (Lipinski definition) is 0. The van der Waals surface area contributed by atoms with Crippen molar-refractivity contribution in [3.8, 4) is 6.07 Å². The third kappa shape index (κ3) is 2.94. The predicted octanol–water partition coefficient (Wildman–Crippen LogP) is 1.31. The van der Waals surface area contributed by atoms with Crippen molar-refractivity contribution >= 4 is 5.95 Å². The Bertz CT molecular complexity index is 392. The maximum absolute atomic E-state index is 8.53. The highest BCUT2D eigenvalue weighted by atomic mass is 16.5. The average molecular weight is 236 g/mol. The Morgan fingerprint density at radius 1 is 1.47 bits per heavy atom. The topological polar surface area (TPSA) is 75.2 Å². The second-order valence-corrected chi connectivity index (χ2v) is 4.13. The molecule has 1 aliphatic heterocycles. The van der Waals surface area contributed by atoms with Crippen LogP contribution in [0, 0.1) is 11.3 Å². The first-order valence-electron chi connectivity index (χ1n) is 5.84. The van der Waals surface area contributed by atoms with Crippen molar-refractivity contribution in [1.82, 2.24) is 10.1 Å². The lowest BCUT2D eigenvalue weighted by molar-refractivity contribution is 0.121. The molecule has 0 amide bonds. The molecular formula is C11H16N4O2. The first-order chi connectivity index (χ1) is 8.31. The van der Waals surface area contributed by atoms with Gasteiger partial charge in [-0.25, -0.2) is 0 Å². The average Bonchev–Trinajstić information content (AvgIpc) is 2.86. The minimum absolute atomic E-state index is 0.136. The summed E-state index contributed by atoms with van der Waals surface area (Å²) in [6.45, 7) is 4.99. The van der Waals surface area contributed by atoms with Gasteiger partial charge in [-0.05, 0) is 11.6 Å². The number of nitriles is 1. The van der Waals surface area contributed by atoms with E-state index in [0.29, 0.717) is 31.5 Å². The molecule has 92 valence electrons. The van der Waals surface area contributed by atoms with Crippen LogP contribution in [-0.2, 0) is 4.74 Å². The molecule has 6 nitrogen and oxygen atoms in total. The molecule has 1 saturated heterocycles. The molecule has 0 N–H and O–H groups in total. The van der Waals surface area contributed by atoms with Crippen LogP contribution in [0.1, 0.15) is 31.6 Å². The Labute approximate surface area is 100 Å². The second-order valence-electron chi connectivity index (χ2n) is 4.13. The van der Waals surface area contributed by atoms with Gasteiger partial charge in [0.05, 0.1) is 19.3 Å². The first-order valence-corrected chi connectivity index (χ1v) is 5.84. The molecule has 6 heteroatoms. The molecule has 2 heterocycles. The van der Waals surface area contributed by atoms with Gasteiger partial charge in [0.1, 0.15) is 0 Å².